The highest BCUT2D eigenvalue weighted by atomic mass is 16.5. The van der Waals surface area contributed by atoms with Crippen LogP contribution in [-0.4, -0.2) is 19.5 Å². The minimum absolute atomic E-state index is 0.0237. The van der Waals surface area contributed by atoms with E-state index < -0.39 is 0 Å². The Labute approximate surface area is 82.8 Å². The maximum absolute atomic E-state index is 11.5. The summed E-state index contributed by atoms with van der Waals surface area (Å²) in [7, 11) is 1.56. The van der Waals surface area contributed by atoms with E-state index in [1.165, 1.54) is 0 Å². The first kappa shape index (κ1) is 10.5. The summed E-state index contributed by atoms with van der Waals surface area (Å²) < 4.78 is 4.81. The lowest BCUT2D eigenvalue weighted by molar-refractivity contribution is 0.0933. The molecule has 0 spiro atoms. The summed E-state index contributed by atoms with van der Waals surface area (Å²) in [6.07, 6.45) is 0.338. The topological polar surface area (TPSA) is 78.3 Å². The molecule has 0 aliphatic heterocycles. The minimum atomic E-state index is -0.0237. The molecule has 0 unspecified atom stereocenters. The van der Waals surface area contributed by atoms with Crippen LogP contribution in [0.15, 0.2) is 18.2 Å². The maximum Gasteiger partial charge on any atom is 0.167 e. The van der Waals surface area contributed by atoms with Crippen LogP contribution in [-0.2, 0) is 4.74 Å². The van der Waals surface area contributed by atoms with Gasteiger partial charge >= 0.3 is 0 Å². The standard InChI is InChI=1S/C10H14N2O2/c1-14-5-4-10(13)8-3-2-7(11)6-9(8)12/h2-3,6H,4-5,11-12H2,1H3. The molecule has 14 heavy (non-hydrogen) atoms. The van der Waals surface area contributed by atoms with Crippen molar-refractivity contribution in [2.45, 2.75) is 6.42 Å². The zero-order chi connectivity index (χ0) is 10.6. The van der Waals surface area contributed by atoms with Crippen LogP contribution in [0.2, 0.25) is 0 Å². The van der Waals surface area contributed by atoms with Crippen molar-refractivity contribution in [2.24, 2.45) is 0 Å². The monoisotopic (exact) mass is 194 g/mol. The summed E-state index contributed by atoms with van der Waals surface area (Å²) in [5.74, 6) is -0.0237. The average molecular weight is 194 g/mol. The molecular formula is C10H14N2O2. The van der Waals surface area contributed by atoms with Crippen molar-refractivity contribution in [1.82, 2.24) is 0 Å². The van der Waals surface area contributed by atoms with Crippen LogP contribution in [0.4, 0.5) is 11.4 Å². The Morgan fingerprint density at radius 1 is 1.43 bits per heavy atom. The molecule has 76 valence electrons. The van der Waals surface area contributed by atoms with Crippen molar-refractivity contribution in [2.75, 3.05) is 25.2 Å². The third kappa shape index (κ3) is 2.47. The first-order chi connectivity index (χ1) is 6.65. The normalized spacial score (nSPS) is 10.1. The molecule has 0 saturated carbocycles. The molecule has 1 aromatic rings. The van der Waals surface area contributed by atoms with Crippen LogP contribution in [0.5, 0.6) is 0 Å². The van der Waals surface area contributed by atoms with Gasteiger partial charge in [0, 0.05) is 30.5 Å². The summed E-state index contributed by atoms with van der Waals surface area (Å²) in [4.78, 5) is 11.5. The van der Waals surface area contributed by atoms with Crippen molar-refractivity contribution < 1.29 is 9.53 Å². The second kappa shape index (κ2) is 4.62. The molecule has 1 aromatic carbocycles. The molecule has 0 aromatic heterocycles. The third-order valence-corrected chi connectivity index (χ3v) is 1.91. The lowest BCUT2D eigenvalue weighted by Crippen LogP contribution is -2.07. The van der Waals surface area contributed by atoms with E-state index in [1.807, 2.05) is 0 Å². The minimum Gasteiger partial charge on any atom is -0.399 e. The van der Waals surface area contributed by atoms with Crippen LogP contribution in [0.25, 0.3) is 0 Å². The van der Waals surface area contributed by atoms with Gasteiger partial charge in [-0.3, -0.25) is 4.79 Å². The van der Waals surface area contributed by atoms with E-state index in [0.717, 1.165) is 0 Å². The predicted octanol–water partition coefficient (Wildman–Crippen LogP) is 1.07. The number of ether oxygens (including phenoxy) is 1. The van der Waals surface area contributed by atoms with Crippen molar-refractivity contribution in [3.8, 4) is 0 Å². The number of nitrogen functional groups attached to an aromatic ring is 2. The molecule has 4 heteroatoms. The van der Waals surface area contributed by atoms with Crippen molar-refractivity contribution >= 4 is 17.2 Å². The van der Waals surface area contributed by atoms with E-state index in [0.29, 0.717) is 30.0 Å². The number of benzene rings is 1. The second-order valence-corrected chi connectivity index (χ2v) is 3.01. The Bertz CT molecular complexity index is 337. The molecule has 0 saturated heterocycles. The molecule has 0 aliphatic rings. The number of anilines is 2. The number of ketones is 1. The van der Waals surface area contributed by atoms with E-state index in [9.17, 15) is 4.79 Å². The van der Waals surface area contributed by atoms with E-state index in [1.54, 1.807) is 25.3 Å². The number of nitrogens with two attached hydrogens (primary N) is 2. The highest BCUT2D eigenvalue weighted by Crippen LogP contribution is 2.17. The van der Waals surface area contributed by atoms with Gasteiger partial charge in [-0.05, 0) is 18.2 Å². The maximum atomic E-state index is 11.5. The summed E-state index contributed by atoms with van der Waals surface area (Å²) >= 11 is 0. The fourth-order valence-electron chi connectivity index (χ4n) is 1.16. The number of carbonyl (C=O) groups excluding carboxylic acids is 1. The SMILES string of the molecule is COCCC(=O)c1ccc(N)cc1N. The summed E-state index contributed by atoms with van der Waals surface area (Å²) in [5.41, 5.74) is 12.7. The first-order valence-corrected chi connectivity index (χ1v) is 4.32. The molecule has 1 rings (SSSR count). The Hall–Kier alpha value is -1.55. The van der Waals surface area contributed by atoms with Crippen LogP contribution in [0.3, 0.4) is 0 Å². The van der Waals surface area contributed by atoms with Crippen LogP contribution >= 0.6 is 0 Å². The van der Waals surface area contributed by atoms with Gasteiger partial charge in [-0.1, -0.05) is 0 Å². The fraction of sp³-hybridized carbons (Fsp3) is 0.300. The van der Waals surface area contributed by atoms with Gasteiger partial charge in [0.1, 0.15) is 0 Å². The third-order valence-electron chi connectivity index (χ3n) is 1.91. The molecular weight excluding hydrogens is 180 g/mol. The van der Waals surface area contributed by atoms with Crippen LogP contribution < -0.4 is 11.5 Å². The van der Waals surface area contributed by atoms with Gasteiger partial charge < -0.3 is 16.2 Å². The molecule has 0 amide bonds. The molecule has 4 N–H and O–H groups in total. The summed E-state index contributed by atoms with van der Waals surface area (Å²) in [5, 5.41) is 0. The van der Waals surface area contributed by atoms with E-state index in [-0.39, 0.29) is 5.78 Å². The van der Waals surface area contributed by atoms with E-state index >= 15 is 0 Å². The van der Waals surface area contributed by atoms with Gasteiger partial charge in [0.25, 0.3) is 0 Å². The first-order valence-electron chi connectivity index (χ1n) is 4.32. The zero-order valence-corrected chi connectivity index (χ0v) is 8.12. The largest absolute Gasteiger partial charge is 0.399 e. The van der Waals surface area contributed by atoms with Gasteiger partial charge in [-0.2, -0.15) is 0 Å². The summed E-state index contributed by atoms with van der Waals surface area (Å²) in [6.45, 7) is 0.405. The number of methoxy groups -OCH3 is 1. The molecule has 0 radical (unpaired) electrons. The molecule has 0 aliphatic carbocycles. The summed E-state index contributed by atoms with van der Waals surface area (Å²) in [6, 6.07) is 4.89. The van der Waals surface area contributed by atoms with Gasteiger partial charge in [-0.25, -0.2) is 0 Å². The fourth-order valence-corrected chi connectivity index (χ4v) is 1.16. The Kier molecular flexibility index (Phi) is 3.48. The van der Waals surface area contributed by atoms with Gasteiger partial charge in [-0.15, -0.1) is 0 Å². The van der Waals surface area contributed by atoms with E-state index in [4.69, 9.17) is 16.2 Å². The Morgan fingerprint density at radius 2 is 2.14 bits per heavy atom. The van der Waals surface area contributed by atoms with E-state index in [2.05, 4.69) is 0 Å². The van der Waals surface area contributed by atoms with Crippen molar-refractivity contribution in [3.05, 3.63) is 23.8 Å². The predicted molar refractivity (Wildman–Crippen MR) is 56.1 cm³/mol. The van der Waals surface area contributed by atoms with Gasteiger partial charge in [0.2, 0.25) is 0 Å². The molecule has 0 atom stereocenters. The van der Waals surface area contributed by atoms with Crippen molar-refractivity contribution in [1.29, 1.82) is 0 Å². The average Bonchev–Trinajstić information content (AvgIpc) is 2.14. The number of hydrogen-bond acceptors (Lipinski definition) is 4. The smallest absolute Gasteiger partial charge is 0.167 e. The lowest BCUT2D eigenvalue weighted by atomic mass is 10.1. The number of rotatable bonds is 4. The van der Waals surface area contributed by atoms with Crippen molar-refractivity contribution in [3.63, 3.8) is 0 Å². The molecule has 0 fully saturated rings. The lowest BCUT2D eigenvalue weighted by Gasteiger charge is -2.04. The highest BCUT2D eigenvalue weighted by Gasteiger charge is 2.08. The zero-order valence-electron chi connectivity index (χ0n) is 8.12. The molecule has 0 heterocycles. The van der Waals surface area contributed by atoms with Gasteiger partial charge in [0.15, 0.2) is 5.78 Å². The highest BCUT2D eigenvalue weighted by molar-refractivity contribution is 6.01. The second-order valence-electron chi connectivity index (χ2n) is 3.01. The molecule has 4 nitrogen and oxygen atoms in total. The van der Waals surface area contributed by atoms with Crippen LogP contribution in [0, 0.1) is 0 Å². The number of Topliss-reactive ketones (excluding diaryl/α,β-unsaturated/α-hetero) is 1. The number of carbonyl (C=O) groups is 1. The van der Waals surface area contributed by atoms with Gasteiger partial charge in [0.05, 0.1) is 6.61 Å². The number of hydrogen-bond donors (Lipinski definition) is 2. The Morgan fingerprint density at radius 3 is 2.71 bits per heavy atom. The quantitative estimate of drug-likeness (QED) is 0.555. The van der Waals surface area contributed by atoms with Crippen LogP contribution in [0.1, 0.15) is 16.8 Å². The molecule has 0 bridgehead atoms. The Balaban J connectivity index is 2.80.